The van der Waals surface area contributed by atoms with E-state index < -0.39 is 0 Å². The van der Waals surface area contributed by atoms with Crippen LogP contribution in [0.15, 0.2) is 27.8 Å². The van der Waals surface area contributed by atoms with Crippen molar-refractivity contribution in [2.24, 2.45) is 5.84 Å². The van der Waals surface area contributed by atoms with Gasteiger partial charge in [0, 0.05) is 10.2 Å². The Bertz CT molecular complexity index is 660. The number of rotatable bonds is 5. The fourth-order valence-electron chi connectivity index (χ4n) is 1.56. The number of anilines is 2. The molecule has 6 N–H and O–H groups in total. The second kappa shape index (κ2) is 6.78. The summed E-state index contributed by atoms with van der Waals surface area (Å²) >= 11 is 4.54. The fourth-order valence-corrected chi connectivity index (χ4v) is 2.69. The molecular formula is C11H14BrN7OS. The third-order valence-electron chi connectivity index (χ3n) is 2.59. The number of nitrogens with one attached hydrogen (secondary N) is 2. The van der Waals surface area contributed by atoms with Gasteiger partial charge in [0.15, 0.2) is 0 Å². The van der Waals surface area contributed by atoms with Gasteiger partial charge < -0.3 is 11.2 Å². The van der Waals surface area contributed by atoms with Gasteiger partial charge in [-0.3, -0.25) is 10.2 Å². The van der Waals surface area contributed by atoms with Crippen LogP contribution < -0.4 is 22.4 Å². The monoisotopic (exact) mass is 371 g/mol. The van der Waals surface area contributed by atoms with Gasteiger partial charge in [0.2, 0.25) is 11.1 Å². The number of aromatic nitrogens is 3. The van der Waals surface area contributed by atoms with Crippen LogP contribution in [-0.2, 0) is 4.79 Å². The van der Waals surface area contributed by atoms with E-state index in [4.69, 9.17) is 11.7 Å². The minimum absolute atomic E-state index is 0.157. The predicted octanol–water partition coefficient (Wildman–Crippen LogP) is 1.08. The summed E-state index contributed by atoms with van der Waals surface area (Å²) in [6, 6.07) is 5.63. The van der Waals surface area contributed by atoms with E-state index in [1.807, 2.05) is 25.1 Å². The van der Waals surface area contributed by atoms with Crippen LogP contribution in [0.4, 0.5) is 11.6 Å². The van der Waals surface area contributed by atoms with Gasteiger partial charge in [0.25, 0.3) is 5.95 Å². The Labute approximate surface area is 133 Å². The Balaban J connectivity index is 1.94. The molecule has 0 aliphatic carbocycles. The number of carbonyl (C=O) groups excluding carboxylic acids is 1. The lowest BCUT2D eigenvalue weighted by atomic mass is 10.2. The number of hydrogen-bond donors (Lipinski definition) is 4. The number of amides is 1. The lowest BCUT2D eigenvalue weighted by Crippen LogP contribution is -2.19. The smallest absolute Gasteiger partial charge is 0.258 e. The zero-order valence-corrected chi connectivity index (χ0v) is 13.5. The molecule has 2 aromatic rings. The highest BCUT2D eigenvalue weighted by molar-refractivity contribution is 9.10. The van der Waals surface area contributed by atoms with E-state index in [0.29, 0.717) is 5.16 Å². The molecule has 112 valence electrons. The zero-order chi connectivity index (χ0) is 15.4. The van der Waals surface area contributed by atoms with Gasteiger partial charge in [-0.2, -0.15) is 0 Å². The summed E-state index contributed by atoms with van der Waals surface area (Å²) in [4.78, 5) is 11.9. The Morgan fingerprint density at radius 2 is 2.24 bits per heavy atom. The Hall–Kier alpha value is -1.78. The van der Waals surface area contributed by atoms with Gasteiger partial charge >= 0.3 is 0 Å². The van der Waals surface area contributed by atoms with Crippen molar-refractivity contribution < 1.29 is 4.79 Å². The second-order valence-corrected chi connectivity index (χ2v) is 5.97. The molecule has 0 radical (unpaired) electrons. The molecule has 1 aromatic carbocycles. The molecule has 0 saturated carbocycles. The molecule has 1 amide bonds. The van der Waals surface area contributed by atoms with Gasteiger partial charge in [-0.1, -0.05) is 27.7 Å². The van der Waals surface area contributed by atoms with Crippen LogP contribution in [0.1, 0.15) is 5.56 Å². The predicted molar refractivity (Wildman–Crippen MR) is 86.2 cm³/mol. The van der Waals surface area contributed by atoms with Crippen molar-refractivity contribution in [2.75, 3.05) is 22.3 Å². The lowest BCUT2D eigenvalue weighted by molar-refractivity contribution is -0.113. The molecule has 0 unspecified atom stereocenters. The van der Waals surface area contributed by atoms with Crippen LogP contribution in [0.5, 0.6) is 0 Å². The standard InChI is InChI=1S/C11H14BrN7OS/c1-6-4-7(12)2-3-8(6)15-9(20)5-21-11-18-17-10(16-13)19(11)14/h2-4H,5,13-14H2,1H3,(H,15,20)(H,16,17). The first kappa shape index (κ1) is 15.6. The molecular weight excluding hydrogens is 358 g/mol. The van der Waals surface area contributed by atoms with E-state index >= 15 is 0 Å². The third kappa shape index (κ3) is 3.86. The summed E-state index contributed by atoms with van der Waals surface area (Å²) in [6.45, 7) is 1.92. The number of benzene rings is 1. The summed E-state index contributed by atoms with van der Waals surface area (Å²) in [5.74, 6) is 11.1. The Morgan fingerprint density at radius 1 is 1.48 bits per heavy atom. The number of carbonyl (C=O) groups is 1. The van der Waals surface area contributed by atoms with E-state index in [1.165, 1.54) is 16.4 Å². The lowest BCUT2D eigenvalue weighted by Gasteiger charge is -2.08. The SMILES string of the molecule is Cc1cc(Br)ccc1NC(=O)CSc1nnc(NN)n1N. The van der Waals surface area contributed by atoms with Gasteiger partial charge in [0.05, 0.1) is 5.75 Å². The first-order valence-corrected chi connectivity index (χ1v) is 7.65. The summed E-state index contributed by atoms with van der Waals surface area (Å²) < 4.78 is 2.15. The number of hydrogen-bond acceptors (Lipinski definition) is 7. The normalized spacial score (nSPS) is 10.4. The van der Waals surface area contributed by atoms with Crippen LogP contribution in [-0.4, -0.2) is 26.5 Å². The largest absolute Gasteiger partial charge is 0.334 e. The number of aryl methyl sites for hydroxylation is 1. The summed E-state index contributed by atoms with van der Waals surface area (Å²) in [6.07, 6.45) is 0. The molecule has 0 spiro atoms. The van der Waals surface area contributed by atoms with Crippen molar-refractivity contribution in [1.29, 1.82) is 0 Å². The van der Waals surface area contributed by atoms with Gasteiger partial charge in [-0.05, 0) is 30.7 Å². The maximum Gasteiger partial charge on any atom is 0.258 e. The highest BCUT2D eigenvalue weighted by Gasteiger charge is 2.12. The van der Waals surface area contributed by atoms with Gasteiger partial charge in [-0.15, -0.1) is 10.2 Å². The molecule has 0 atom stereocenters. The third-order valence-corrected chi connectivity index (χ3v) is 4.02. The molecule has 0 aliphatic rings. The van der Waals surface area contributed by atoms with Crippen molar-refractivity contribution in [3.63, 3.8) is 0 Å². The van der Waals surface area contributed by atoms with Gasteiger partial charge in [0.1, 0.15) is 0 Å². The highest BCUT2D eigenvalue weighted by atomic mass is 79.9. The highest BCUT2D eigenvalue weighted by Crippen LogP contribution is 2.21. The molecule has 0 saturated heterocycles. The average Bonchev–Trinajstić information content (AvgIpc) is 2.80. The Kier molecular flexibility index (Phi) is 5.04. The van der Waals surface area contributed by atoms with E-state index in [2.05, 4.69) is 36.9 Å². The second-order valence-electron chi connectivity index (χ2n) is 4.12. The number of nitrogens with two attached hydrogens (primary N) is 2. The van der Waals surface area contributed by atoms with Crippen molar-refractivity contribution >= 4 is 45.2 Å². The topological polar surface area (TPSA) is 124 Å². The number of halogens is 1. The van der Waals surface area contributed by atoms with Gasteiger partial charge in [-0.25, -0.2) is 10.5 Å². The zero-order valence-electron chi connectivity index (χ0n) is 11.1. The summed E-state index contributed by atoms with van der Waals surface area (Å²) in [7, 11) is 0. The number of nitrogens with zero attached hydrogens (tertiary/aromatic N) is 3. The molecule has 21 heavy (non-hydrogen) atoms. The van der Waals surface area contributed by atoms with Crippen molar-refractivity contribution in [3.05, 3.63) is 28.2 Å². The van der Waals surface area contributed by atoms with E-state index in [9.17, 15) is 4.79 Å². The van der Waals surface area contributed by atoms with E-state index in [0.717, 1.165) is 15.7 Å². The van der Waals surface area contributed by atoms with Crippen molar-refractivity contribution in [3.8, 4) is 0 Å². The molecule has 8 nitrogen and oxygen atoms in total. The van der Waals surface area contributed by atoms with Crippen LogP contribution >= 0.6 is 27.7 Å². The molecule has 0 fully saturated rings. The van der Waals surface area contributed by atoms with E-state index in [1.54, 1.807) is 0 Å². The van der Waals surface area contributed by atoms with Crippen LogP contribution in [0, 0.1) is 6.92 Å². The summed E-state index contributed by atoms with van der Waals surface area (Å²) in [5.41, 5.74) is 4.04. The van der Waals surface area contributed by atoms with Crippen LogP contribution in [0.3, 0.4) is 0 Å². The minimum atomic E-state index is -0.157. The minimum Gasteiger partial charge on any atom is -0.334 e. The molecule has 10 heteroatoms. The number of nitrogen functional groups attached to an aromatic ring is 2. The van der Waals surface area contributed by atoms with E-state index in [-0.39, 0.29) is 17.6 Å². The molecule has 2 rings (SSSR count). The molecule has 1 heterocycles. The number of thioether (sulfide) groups is 1. The fraction of sp³-hybridized carbons (Fsp3) is 0.182. The van der Waals surface area contributed by atoms with Crippen molar-refractivity contribution in [1.82, 2.24) is 14.9 Å². The maximum atomic E-state index is 11.9. The molecule has 0 bridgehead atoms. The quantitative estimate of drug-likeness (QED) is 0.352. The average molecular weight is 372 g/mol. The van der Waals surface area contributed by atoms with Crippen LogP contribution in [0.25, 0.3) is 0 Å². The Morgan fingerprint density at radius 3 is 2.86 bits per heavy atom. The summed E-state index contributed by atoms with van der Waals surface area (Å²) in [5, 5.41) is 10.8. The van der Waals surface area contributed by atoms with Crippen molar-refractivity contribution in [2.45, 2.75) is 12.1 Å². The first-order valence-electron chi connectivity index (χ1n) is 5.87. The maximum absolute atomic E-state index is 11.9. The number of hydrazine groups is 1. The molecule has 1 aromatic heterocycles. The molecule has 0 aliphatic heterocycles. The van der Waals surface area contributed by atoms with Crippen LogP contribution in [0.2, 0.25) is 0 Å². The first-order chi connectivity index (χ1) is 10.0.